The van der Waals surface area contributed by atoms with E-state index in [1.807, 2.05) is 19.4 Å². The summed E-state index contributed by atoms with van der Waals surface area (Å²) in [5.41, 5.74) is 1.14. The Morgan fingerprint density at radius 3 is 2.26 bits per heavy atom. The second-order valence-electron chi connectivity index (χ2n) is 6.02. The third-order valence-corrected chi connectivity index (χ3v) is 2.96. The molecule has 1 rings (SSSR count). The van der Waals surface area contributed by atoms with Crippen molar-refractivity contribution in [1.29, 1.82) is 0 Å². The van der Waals surface area contributed by atoms with Gasteiger partial charge in [-0.2, -0.15) is 0 Å². The number of rotatable bonds is 8. The molecular formula is C15H28N4. The van der Waals surface area contributed by atoms with Crippen LogP contribution in [0.1, 0.15) is 39.7 Å². The van der Waals surface area contributed by atoms with Gasteiger partial charge in [0.2, 0.25) is 5.95 Å². The van der Waals surface area contributed by atoms with Gasteiger partial charge in [-0.3, -0.25) is 0 Å². The molecule has 0 bridgehead atoms. The number of hydrogen-bond donors (Lipinski definition) is 1. The Balaban J connectivity index is 2.42. The fourth-order valence-corrected chi connectivity index (χ4v) is 1.69. The Bertz CT molecular complexity index is 346. The topological polar surface area (TPSA) is 41.1 Å². The van der Waals surface area contributed by atoms with Crippen LogP contribution in [0.4, 0.5) is 5.95 Å². The highest BCUT2D eigenvalue weighted by Crippen LogP contribution is 2.08. The zero-order valence-electron chi connectivity index (χ0n) is 13.0. The molecule has 0 aliphatic carbocycles. The Kier molecular flexibility index (Phi) is 6.78. The molecule has 0 saturated heterocycles. The van der Waals surface area contributed by atoms with E-state index in [0.29, 0.717) is 11.8 Å². The first-order valence-corrected chi connectivity index (χ1v) is 7.21. The van der Waals surface area contributed by atoms with Gasteiger partial charge in [0, 0.05) is 38.1 Å². The molecule has 1 heterocycles. The van der Waals surface area contributed by atoms with Crippen LogP contribution in [0.5, 0.6) is 0 Å². The molecule has 0 radical (unpaired) electrons. The van der Waals surface area contributed by atoms with Gasteiger partial charge in [-0.1, -0.05) is 27.7 Å². The van der Waals surface area contributed by atoms with Crippen LogP contribution >= 0.6 is 0 Å². The molecule has 4 nitrogen and oxygen atoms in total. The maximum Gasteiger partial charge on any atom is 0.224 e. The molecule has 1 N–H and O–H groups in total. The van der Waals surface area contributed by atoms with Gasteiger partial charge in [0.15, 0.2) is 0 Å². The number of nitrogens with zero attached hydrogens (tertiary/aromatic N) is 3. The van der Waals surface area contributed by atoms with E-state index >= 15 is 0 Å². The van der Waals surface area contributed by atoms with Crippen molar-refractivity contribution in [3.05, 3.63) is 18.0 Å². The lowest BCUT2D eigenvalue weighted by molar-refractivity contribution is 0.551. The number of aromatic nitrogens is 2. The van der Waals surface area contributed by atoms with Gasteiger partial charge < -0.3 is 10.2 Å². The fraction of sp³-hybridized carbons (Fsp3) is 0.733. The molecule has 0 spiro atoms. The van der Waals surface area contributed by atoms with Crippen LogP contribution in [-0.2, 0) is 6.54 Å². The molecule has 0 unspecified atom stereocenters. The SMILES string of the molecule is CC(C)CCN(C)c1ncc(CNCC(C)C)cn1. The van der Waals surface area contributed by atoms with Crippen molar-refractivity contribution in [3.63, 3.8) is 0 Å². The Labute approximate surface area is 117 Å². The van der Waals surface area contributed by atoms with Gasteiger partial charge in [0.05, 0.1) is 0 Å². The van der Waals surface area contributed by atoms with Crippen molar-refractivity contribution < 1.29 is 0 Å². The molecule has 4 heteroatoms. The smallest absolute Gasteiger partial charge is 0.224 e. The maximum absolute atomic E-state index is 4.43. The first kappa shape index (κ1) is 15.9. The standard InChI is InChI=1S/C15H28N4/c1-12(2)6-7-19(5)15-17-10-14(11-18-15)9-16-8-13(3)4/h10-13,16H,6-9H2,1-5H3. The summed E-state index contributed by atoms with van der Waals surface area (Å²) >= 11 is 0. The Hall–Kier alpha value is -1.16. The van der Waals surface area contributed by atoms with Crippen molar-refractivity contribution in [2.45, 2.75) is 40.7 Å². The van der Waals surface area contributed by atoms with E-state index in [-0.39, 0.29) is 0 Å². The summed E-state index contributed by atoms with van der Waals surface area (Å²) in [7, 11) is 2.05. The van der Waals surface area contributed by atoms with Gasteiger partial charge >= 0.3 is 0 Å². The molecule has 108 valence electrons. The molecule has 0 amide bonds. The Morgan fingerprint density at radius 1 is 1.11 bits per heavy atom. The summed E-state index contributed by atoms with van der Waals surface area (Å²) in [5.74, 6) is 2.19. The molecule has 0 aromatic carbocycles. The van der Waals surface area contributed by atoms with Gasteiger partial charge in [0.1, 0.15) is 0 Å². The highest BCUT2D eigenvalue weighted by molar-refractivity contribution is 5.28. The molecule has 1 aromatic heterocycles. The van der Waals surface area contributed by atoms with Gasteiger partial charge in [-0.25, -0.2) is 9.97 Å². The largest absolute Gasteiger partial charge is 0.344 e. The van der Waals surface area contributed by atoms with E-state index in [9.17, 15) is 0 Å². The zero-order chi connectivity index (χ0) is 14.3. The van der Waals surface area contributed by atoms with Crippen LogP contribution in [0.3, 0.4) is 0 Å². The van der Waals surface area contributed by atoms with Gasteiger partial charge in [-0.05, 0) is 24.8 Å². The third-order valence-electron chi connectivity index (χ3n) is 2.96. The van der Waals surface area contributed by atoms with E-state index in [0.717, 1.165) is 37.6 Å². The van der Waals surface area contributed by atoms with Crippen molar-refractivity contribution in [2.24, 2.45) is 11.8 Å². The molecule has 0 aliphatic heterocycles. The third kappa shape index (κ3) is 6.53. The quantitative estimate of drug-likeness (QED) is 0.784. The first-order chi connectivity index (χ1) is 8.99. The van der Waals surface area contributed by atoms with Crippen LogP contribution in [-0.4, -0.2) is 30.1 Å². The molecule has 0 fully saturated rings. The minimum Gasteiger partial charge on any atom is -0.344 e. The van der Waals surface area contributed by atoms with E-state index in [1.165, 1.54) is 0 Å². The summed E-state index contributed by atoms with van der Waals surface area (Å²) in [6, 6.07) is 0. The Morgan fingerprint density at radius 2 is 1.74 bits per heavy atom. The number of anilines is 1. The van der Waals surface area contributed by atoms with Crippen LogP contribution in [0.25, 0.3) is 0 Å². The molecule has 1 aromatic rings. The second-order valence-corrected chi connectivity index (χ2v) is 6.02. The zero-order valence-corrected chi connectivity index (χ0v) is 13.0. The fourth-order valence-electron chi connectivity index (χ4n) is 1.69. The van der Waals surface area contributed by atoms with Crippen molar-refractivity contribution in [1.82, 2.24) is 15.3 Å². The lowest BCUT2D eigenvalue weighted by Gasteiger charge is -2.18. The van der Waals surface area contributed by atoms with Crippen molar-refractivity contribution >= 4 is 5.95 Å². The minimum absolute atomic E-state index is 0.669. The van der Waals surface area contributed by atoms with Crippen LogP contribution in [0.2, 0.25) is 0 Å². The molecule has 19 heavy (non-hydrogen) atoms. The van der Waals surface area contributed by atoms with Gasteiger partial charge in [-0.15, -0.1) is 0 Å². The molecular weight excluding hydrogens is 236 g/mol. The first-order valence-electron chi connectivity index (χ1n) is 7.21. The summed E-state index contributed by atoms with van der Waals surface area (Å²) in [6.07, 6.45) is 5.00. The minimum atomic E-state index is 0.669. The van der Waals surface area contributed by atoms with E-state index in [1.54, 1.807) is 0 Å². The lowest BCUT2D eigenvalue weighted by atomic mass is 10.1. The summed E-state index contributed by atoms with van der Waals surface area (Å²) in [5, 5.41) is 3.40. The highest BCUT2D eigenvalue weighted by Gasteiger charge is 2.05. The highest BCUT2D eigenvalue weighted by atomic mass is 15.2. The summed E-state index contributed by atoms with van der Waals surface area (Å²) in [6.45, 7) is 11.7. The lowest BCUT2D eigenvalue weighted by Crippen LogP contribution is -2.23. The maximum atomic E-state index is 4.43. The van der Waals surface area contributed by atoms with Crippen molar-refractivity contribution in [2.75, 3.05) is 25.0 Å². The predicted molar refractivity (Wildman–Crippen MR) is 81.3 cm³/mol. The summed E-state index contributed by atoms with van der Waals surface area (Å²) in [4.78, 5) is 11.0. The average molecular weight is 264 g/mol. The number of nitrogens with one attached hydrogen (secondary N) is 1. The average Bonchev–Trinajstić information content (AvgIpc) is 2.36. The second kappa shape index (κ2) is 8.10. The number of hydrogen-bond acceptors (Lipinski definition) is 4. The predicted octanol–water partition coefficient (Wildman–Crippen LogP) is 2.70. The van der Waals surface area contributed by atoms with E-state index < -0.39 is 0 Å². The monoisotopic (exact) mass is 264 g/mol. The van der Waals surface area contributed by atoms with E-state index in [4.69, 9.17) is 0 Å². The molecule has 0 aliphatic rings. The van der Waals surface area contributed by atoms with E-state index in [2.05, 4.69) is 47.9 Å². The van der Waals surface area contributed by atoms with Crippen LogP contribution < -0.4 is 10.2 Å². The van der Waals surface area contributed by atoms with Crippen molar-refractivity contribution in [3.8, 4) is 0 Å². The van der Waals surface area contributed by atoms with Gasteiger partial charge in [0.25, 0.3) is 0 Å². The molecule has 0 saturated carbocycles. The molecule has 0 atom stereocenters. The summed E-state index contributed by atoms with van der Waals surface area (Å²) < 4.78 is 0. The van der Waals surface area contributed by atoms with Crippen LogP contribution in [0, 0.1) is 11.8 Å². The van der Waals surface area contributed by atoms with Crippen LogP contribution in [0.15, 0.2) is 12.4 Å². The normalized spacial score (nSPS) is 11.3.